The van der Waals surface area contributed by atoms with Crippen LogP contribution in [0.15, 0.2) is 54.9 Å². The van der Waals surface area contributed by atoms with E-state index in [4.69, 9.17) is 14.6 Å². The van der Waals surface area contributed by atoms with E-state index in [9.17, 15) is 0 Å². The number of piperidine rings is 1. The molecule has 0 radical (unpaired) electrons. The van der Waals surface area contributed by atoms with Crippen LogP contribution in [0.3, 0.4) is 0 Å². The topological polar surface area (TPSA) is 76.5 Å². The fourth-order valence-electron chi connectivity index (χ4n) is 7.38. The molecule has 2 saturated carbocycles. The molecule has 3 aliphatic rings. The number of aromatic nitrogens is 2. The first kappa shape index (κ1) is 32.8. The molecule has 2 atom stereocenters. The second kappa shape index (κ2) is 18.4. The third-order valence-electron chi connectivity index (χ3n) is 9.99. The highest BCUT2D eigenvalue weighted by Gasteiger charge is 2.28. The molecule has 1 saturated heterocycles. The molecule has 0 spiro atoms. The Labute approximate surface area is 265 Å². The number of benzene rings is 2. The SMILES string of the molecule is OCCCC1CCCCC1.c1ccc2cc(COC3CNCCC3c3cnc(OCCCC4CCCCC4)nc3)ccc2c1. The van der Waals surface area contributed by atoms with E-state index in [1.807, 2.05) is 12.4 Å². The average Bonchev–Trinajstić information content (AvgIpc) is 3.10. The van der Waals surface area contributed by atoms with Gasteiger partial charge in [-0.3, -0.25) is 0 Å². The Morgan fingerprint density at radius 1 is 0.773 bits per heavy atom. The predicted molar refractivity (Wildman–Crippen MR) is 179 cm³/mol. The molecule has 6 rings (SSSR count). The lowest BCUT2D eigenvalue weighted by Gasteiger charge is -2.32. The van der Waals surface area contributed by atoms with Gasteiger partial charge in [0.1, 0.15) is 0 Å². The maximum atomic E-state index is 8.60. The molecule has 6 heteroatoms. The van der Waals surface area contributed by atoms with Crippen LogP contribution in [0.5, 0.6) is 6.01 Å². The van der Waals surface area contributed by atoms with Gasteiger partial charge in [-0.15, -0.1) is 0 Å². The number of aliphatic hydroxyl groups is 1. The van der Waals surface area contributed by atoms with Crippen LogP contribution in [-0.4, -0.2) is 47.5 Å². The molecule has 0 amide bonds. The van der Waals surface area contributed by atoms with Gasteiger partial charge in [0, 0.05) is 31.5 Å². The van der Waals surface area contributed by atoms with E-state index in [1.165, 1.54) is 93.4 Å². The molecule has 2 aromatic carbocycles. The van der Waals surface area contributed by atoms with Crippen LogP contribution in [0.2, 0.25) is 0 Å². The number of ether oxygens (including phenoxy) is 2. The van der Waals surface area contributed by atoms with E-state index in [-0.39, 0.29) is 6.10 Å². The highest BCUT2D eigenvalue weighted by molar-refractivity contribution is 5.82. The van der Waals surface area contributed by atoms with Gasteiger partial charge in [-0.05, 0) is 78.5 Å². The van der Waals surface area contributed by atoms with Crippen molar-refractivity contribution in [2.45, 2.75) is 115 Å². The van der Waals surface area contributed by atoms with Crippen LogP contribution in [-0.2, 0) is 11.3 Å². The van der Waals surface area contributed by atoms with E-state index >= 15 is 0 Å². The van der Waals surface area contributed by atoms with Gasteiger partial charge >= 0.3 is 6.01 Å². The van der Waals surface area contributed by atoms with Gasteiger partial charge in [-0.25, -0.2) is 9.97 Å². The molecule has 6 nitrogen and oxygen atoms in total. The summed E-state index contributed by atoms with van der Waals surface area (Å²) in [4.78, 5) is 9.03. The van der Waals surface area contributed by atoms with Gasteiger partial charge in [-0.2, -0.15) is 0 Å². The number of hydrogen-bond acceptors (Lipinski definition) is 6. The summed E-state index contributed by atoms with van der Waals surface area (Å²) in [5, 5.41) is 14.6. The average molecular weight is 602 g/mol. The van der Waals surface area contributed by atoms with E-state index in [0.717, 1.165) is 49.8 Å². The molecule has 2 heterocycles. The Kier molecular flexibility index (Phi) is 13.8. The lowest BCUT2D eigenvalue weighted by molar-refractivity contribution is 0.0105. The van der Waals surface area contributed by atoms with Crippen molar-refractivity contribution in [1.82, 2.24) is 15.3 Å². The summed E-state index contributed by atoms with van der Waals surface area (Å²) in [6, 6.07) is 15.5. The van der Waals surface area contributed by atoms with Crippen molar-refractivity contribution < 1.29 is 14.6 Å². The van der Waals surface area contributed by atoms with Crippen LogP contribution >= 0.6 is 0 Å². The first-order valence-corrected chi connectivity index (χ1v) is 17.6. The number of nitrogens with one attached hydrogen (secondary N) is 1. The second-order valence-electron chi connectivity index (χ2n) is 13.3. The van der Waals surface area contributed by atoms with E-state index in [2.05, 4.69) is 57.7 Å². The van der Waals surface area contributed by atoms with Crippen molar-refractivity contribution in [3.63, 3.8) is 0 Å². The Hall–Kier alpha value is -2.54. The molecule has 3 aromatic rings. The minimum absolute atomic E-state index is 0.103. The molecule has 1 aliphatic heterocycles. The van der Waals surface area contributed by atoms with Crippen molar-refractivity contribution in [2.75, 3.05) is 26.3 Å². The number of nitrogens with zero attached hydrogens (tertiary/aromatic N) is 2. The zero-order chi connectivity index (χ0) is 30.2. The number of fused-ring (bicyclic) bond motifs is 1. The number of hydrogen-bond donors (Lipinski definition) is 2. The van der Waals surface area contributed by atoms with E-state index in [0.29, 0.717) is 31.7 Å². The van der Waals surface area contributed by atoms with Crippen molar-refractivity contribution in [3.8, 4) is 6.01 Å². The zero-order valence-corrected chi connectivity index (χ0v) is 26.8. The van der Waals surface area contributed by atoms with Gasteiger partial charge in [0.05, 0.1) is 19.3 Å². The minimum Gasteiger partial charge on any atom is -0.463 e. The normalized spacial score (nSPS) is 21.5. The number of aliphatic hydroxyl groups excluding tert-OH is 1. The Bertz CT molecular complexity index is 1210. The fourth-order valence-corrected chi connectivity index (χ4v) is 7.38. The van der Waals surface area contributed by atoms with Crippen molar-refractivity contribution in [3.05, 3.63) is 66.0 Å². The molecule has 1 aromatic heterocycles. The second-order valence-corrected chi connectivity index (χ2v) is 13.3. The summed E-state index contributed by atoms with van der Waals surface area (Å²) in [5.74, 6) is 2.13. The summed E-state index contributed by atoms with van der Waals surface area (Å²) in [6.45, 7) is 3.53. The van der Waals surface area contributed by atoms with Gasteiger partial charge in [0.15, 0.2) is 0 Å². The summed E-state index contributed by atoms with van der Waals surface area (Å²) in [7, 11) is 0. The molecular formula is C38H55N3O3. The Morgan fingerprint density at radius 3 is 2.16 bits per heavy atom. The molecule has 0 bridgehead atoms. The summed E-state index contributed by atoms with van der Waals surface area (Å²) in [6.07, 6.45) is 23.8. The van der Waals surface area contributed by atoms with Crippen LogP contribution in [0.1, 0.15) is 113 Å². The maximum Gasteiger partial charge on any atom is 0.316 e. The number of rotatable bonds is 12. The third kappa shape index (κ3) is 10.5. The molecular weight excluding hydrogens is 546 g/mol. The van der Waals surface area contributed by atoms with E-state index in [1.54, 1.807) is 0 Å². The van der Waals surface area contributed by atoms with Crippen LogP contribution in [0.25, 0.3) is 10.8 Å². The van der Waals surface area contributed by atoms with Crippen molar-refractivity contribution >= 4 is 10.8 Å². The van der Waals surface area contributed by atoms with Gasteiger partial charge < -0.3 is 19.9 Å². The summed E-state index contributed by atoms with van der Waals surface area (Å²) >= 11 is 0. The standard InChI is InChI=1S/C29H37N3O2.C9H18O/c1-2-7-22(8-3-1)9-6-16-33-29-31-18-26(19-32-29)27-14-15-30-20-28(27)34-21-23-12-13-24-10-4-5-11-25(24)17-23;10-8-4-7-9-5-2-1-3-6-9/h4-5,10-13,17-19,22,27-28,30H,1-3,6-9,14-16,20-21H2;9-10H,1-8H2. The van der Waals surface area contributed by atoms with Crippen molar-refractivity contribution in [1.29, 1.82) is 0 Å². The minimum atomic E-state index is 0.103. The van der Waals surface area contributed by atoms with E-state index < -0.39 is 0 Å². The Morgan fingerprint density at radius 2 is 1.45 bits per heavy atom. The molecule has 240 valence electrons. The summed E-state index contributed by atoms with van der Waals surface area (Å²) < 4.78 is 12.2. The molecule has 3 fully saturated rings. The van der Waals surface area contributed by atoms with Crippen LogP contribution < -0.4 is 10.1 Å². The first-order valence-electron chi connectivity index (χ1n) is 17.6. The summed E-state index contributed by atoms with van der Waals surface area (Å²) in [5.41, 5.74) is 2.34. The monoisotopic (exact) mass is 601 g/mol. The van der Waals surface area contributed by atoms with Crippen molar-refractivity contribution in [2.24, 2.45) is 11.8 Å². The van der Waals surface area contributed by atoms with Gasteiger partial charge in [-0.1, -0.05) is 101 Å². The molecule has 2 aliphatic carbocycles. The maximum absolute atomic E-state index is 8.60. The lowest BCUT2D eigenvalue weighted by Crippen LogP contribution is -2.41. The Balaban J connectivity index is 0.000000328. The highest BCUT2D eigenvalue weighted by Crippen LogP contribution is 2.30. The fraction of sp³-hybridized carbons (Fsp3) is 0.632. The first-order chi connectivity index (χ1) is 21.8. The van der Waals surface area contributed by atoms with Crippen LogP contribution in [0, 0.1) is 11.8 Å². The quantitative estimate of drug-likeness (QED) is 0.203. The molecule has 2 unspecified atom stereocenters. The van der Waals surface area contributed by atoms with Gasteiger partial charge in [0.2, 0.25) is 0 Å². The van der Waals surface area contributed by atoms with Gasteiger partial charge in [0.25, 0.3) is 0 Å². The molecule has 44 heavy (non-hydrogen) atoms. The predicted octanol–water partition coefficient (Wildman–Crippen LogP) is 8.37. The third-order valence-corrected chi connectivity index (χ3v) is 9.99. The zero-order valence-electron chi connectivity index (χ0n) is 26.8. The van der Waals surface area contributed by atoms with Crippen LogP contribution in [0.4, 0.5) is 0 Å². The lowest BCUT2D eigenvalue weighted by atomic mass is 9.86. The highest BCUT2D eigenvalue weighted by atomic mass is 16.5. The largest absolute Gasteiger partial charge is 0.463 e. The molecule has 2 N–H and O–H groups in total. The smallest absolute Gasteiger partial charge is 0.316 e.